The van der Waals surface area contributed by atoms with Gasteiger partial charge in [-0.3, -0.25) is 0 Å². The first-order valence-corrected chi connectivity index (χ1v) is 7.14. The number of ether oxygens (including phenoxy) is 2. The van der Waals surface area contributed by atoms with Crippen LogP contribution in [-0.2, 0) is 27.1 Å². The number of nitrogens with two attached hydrogens (primary N) is 1. The first-order valence-electron chi connectivity index (χ1n) is 7.14. The normalized spacial score (nSPS) is 14.4. The molecule has 4 heteroatoms. The van der Waals surface area contributed by atoms with Crippen LogP contribution in [0.15, 0.2) is 30.3 Å². The largest absolute Gasteiger partial charge is 0.467 e. The molecule has 1 aliphatic rings. The maximum Gasteiger partial charge on any atom is 0.331 e. The standard InChI is InChI=1S/C17H19NO3/c1-20-16(19)10-21-9-15(18)13-8-7-12-6-5-11-3-2-4-14(13)17(11)12/h2-4,7-8,15H,5-6,9-10,18H2,1H3. The number of esters is 1. The van der Waals surface area contributed by atoms with Crippen molar-refractivity contribution >= 4 is 16.7 Å². The highest BCUT2D eigenvalue weighted by Crippen LogP contribution is 2.34. The second kappa shape index (κ2) is 5.84. The second-order valence-electron chi connectivity index (χ2n) is 5.35. The third-order valence-corrected chi connectivity index (χ3v) is 4.06. The molecule has 1 aliphatic carbocycles. The van der Waals surface area contributed by atoms with Crippen LogP contribution in [0.3, 0.4) is 0 Å². The van der Waals surface area contributed by atoms with E-state index in [1.165, 1.54) is 29.0 Å². The first-order chi connectivity index (χ1) is 10.2. The van der Waals surface area contributed by atoms with Crippen LogP contribution in [0.4, 0.5) is 0 Å². The van der Waals surface area contributed by atoms with Gasteiger partial charge in [0.2, 0.25) is 0 Å². The number of hydrogen-bond acceptors (Lipinski definition) is 4. The maximum absolute atomic E-state index is 11.1. The van der Waals surface area contributed by atoms with Crippen molar-refractivity contribution in [2.75, 3.05) is 20.3 Å². The minimum absolute atomic E-state index is 0.0640. The Morgan fingerprint density at radius 2 is 2.00 bits per heavy atom. The van der Waals surface area contributed by atoms with Gasteiger partial charge >= 0.3 is 5.97 Å². The minimum Gasteiger partial charge on any atom is -0.467 e. The molecule has 3 rings (SSSR count). The Bertz CT molecular complexity index is 671. The quantitative estimate of drug-likeness (QED) is 0.855. The van der Waals surface area contributed by atoms with Gasteiger partial charge in [-0.1, -0.05) is 30.3 Å². The number of rotatable bonds is 5. The molecule has 1 atom stereocenters. The highest BCUT2D eigenvalue weighted by Gasteiger charge is 2.18. The Kier molecular flexibility index (Phi) is 3.90. The summed E-state index contributed by atoms with van der Waals surface area (Å²) in [5, 5.41) is 2.55. The summed E-state index contributed by atoms with van der Waals surface area (Å²) in [4.78, 5) is 11.1. The monoisotopic (exact) mass is 285 g/mol. The SMILES string of the molecule is COC(=O)COCC(N)c1ccc2c3c(cccc13)CC2. The zero-order valence-electron chi connectivity index (χ0n) is 12.1. The van der Waals surface area contributed by atoms with E-state index in [2.05, 4.69) is 35.1 Å². The van der Waals surface area contributed by atoms with Crippen LogP contribution in [0.2, 0.25) is 0 Å². The zero-order chi connectivity index (χ0) is 14.8. The van der Waals surface area contributed by atoms with E-state index in [0.717, 1.165) is 18.4 Å². The van der Waals surface area contributed by atoms with Crippen molar-refractivity contribution in [3.05, 3.63) is 47.0 Å². The molecule has 2 aromatic rings. The fraction of sp³-hybridized carbons (Fsp3) is 0.353. The van der Waals surface area contributed by atoms with Crippen LogP contribution in [-0.4, -0.2) is 26.3 Å². The second-order valence-corrected chi connectivity index (χ2v) is 5.35. The van der Waals surface area contributed by atoms with E-state index in [4.69, 9.17) is 10.5 Å². The lowest BCUT2D eigenvalue weighted by atomic mass is 9.96. The molecule has 0 saturated heterocycles. The lowest BCUT2D eigenvalue weighted by Crippen LogP contribution is -2.20. The molecule has 0 bridgehead atoms. The molecule has 1 unspecified atom stereocenters. The van der Waals surface area contributed by atoms with Crippen molar-refractivity contribution in [3.8, 4) is 0 Å². The van der Waals surface area contributed by atoms with Crippen LogP contribution in [0, 0.1) is 0 Å². The predicted molar refractivity (Wildman–Crippen MR) is 81.1 cm³/mol. The molecule has 2 N–H and O–H groups in total. The van der Waals surface area contributed by atoms with Gasteiger partial charge in [-0.25, -0.2) is 4.79 Å². The molecule has 0 amide bonds. The van der Waals surface area contributed by atoms with Crippen LogP contribution in [0.25, 0.3) is 10.8 Å². The molecule has 0 aliphatic heterocycles. The Morgan fingerprint density at radius 1 is 1.24 bits per heavy atom. The zero-order valence-corrected chi connectivity index (χ0v) is 12.1. The number of methoxy groups -OCH3 is 1. The van der Waals surface area contributed by atoms with Crippen LogP contribution < -0.4 is 5.73 Å². The molecule has 0 aromatic heterocycles. The third-order valence-electron chi connectivity index (χ3n) is 4.06. The third kappa shape index (κ3) is 2.64. The van der Waals surface area contributed by atoms with E-state index in [-0.39, 0.29) is 18.6 Å². The van der Waals surface area contributed by atoms with Crippen molar-refractivity contribution in [1.82, 2.24) is 0 Å². The maximum atomic E-state index is 11.1. The van der Waals surface area contributed by atoms with Crippen molar-refractivity contribution in [2.24, 2.45) is 5.73 Å². The summed E-state index contributed by atoms with van der Waals surface area (Å²) in [5.41, 5.74) is 10.1. The molecule has 0 spiro atoms. The van der Waals surface area contributed by atoms with E-state index in [0.29, 0.717) is 6.61 Å². The van der Waals surface area contributed by atoms with Gasteiger partial charge in [0.05, 0.1) is 19.8 Å². The van der Waals surface area contributed by atoms with Crippen molar-refractivity contribution in [2.45, 2.75) is 18.9 Å². The average Bonchev–Trinajstić information content (AvgIpc) is 2.92. The van der Waals surface area contributed by atoms with Crippen LogP contribution in [0.5, 0.6) is 0 Å². The van der Waals surface area contributed by atoms with E-state index in [1.54, 1.807) is 0 Å². The molecular formula is C17H19NO3. The summed E-state index contributed by atoms with van der Waals surface area (Å²) in [6.45, 7) is 0.235. The molecule has 2 aromatic carbocycles. The van der Waals surface area contributed by atoms with Crippen LogP contribution >= 0.6 is 0 Å². The van der Waals surface area contributed by atoms with Gasteiger partial charge in [-0.15, -0.1) is 0 Å². The number of aryl methyl sites for hydroxylation is 2. The van der Waals surface area contributed by atoms with Crippen molar-refractivity contribution in [1.29, 1.82) is 0 Å². The van der Waals surface area contributed by atoms with Gasteiger partial charge in [0.15, 0.2) is 0 Å². The lowest BCUT2D eigenvalue weighted by molar-refractivity contribution is -0.146. The van der Waals surface area contributed by atoms with Crippen molar-refractivity contribution < 1.29 is 14.3 Å². The Labute approximate surface area is 123 Å². The van der Waals surface area contributed by atoms with Gasteiger partial charge in [0.1, 0.15) is 6.61 Å². The van der Waals surface area contributed by atoms with Gasteiger partial charge in [-0.05, 0) is 40.3 Å². The molecule has 4 nitrogen and oxygen atoms in total. The van der Waals surface area contributed by atoms with Gasteiger partial charge < -0.3 is 15.2 Å². The number of carbonyl (C=O) groups is 1. The van der Waals surface area contributed by atoms with E-state index >= 15 is 0 Å². The molecule has 0 saturated carbocycles. The number of carbonyl (C=O) groups excluding carboxylic acids is 1. The number of benzene rings is 2. The summed E-state index contributed by atoms with van der Waals surface area (Å²) in [6.07, 6.45) is 2.20. The van der Waals surface area contributed by atoms with Gasteiger partial charge in [-0.2, -0.15) is 0 Å². The highest BCUT2D eigenvalue weighted by atomic mass is 16.6. The fourth-order valence-corrected chi connectivity index (χ4v) is 3.01. The molecule has 0 radical (unpaired) electrons. The Morgan fingerprint density at radius 3 is 2.76 bits per heavy atom. The predicted octanol–water partition coefficient (Wildman–Crippen LogP) is 2.13. The average molecular weight is 285 g/mol. The first kappa shape index (κ1) is 14.0. The topological polar surface area (TPSA) is 61.5 Å². The van der Waals surface area contributed by atoms with Crippen molar-refractivity contribution in [3.63, 3.8) is 0 Å². The van der Waals surface area contributed by atoms with E-state index < -0.39 is 0 Å². The Balaban J connectivity index is 1.83. The van der Waals surface area contributed by atoms with Crippen LogP contribution in [0.1, 0.15) is 22.7 Å². The van der Waals surface area contributed by atoms with Gasteiger partial charge in [0, 0.05) is 0 Å². The summed E-state index contributed by atoms with van der Waals surface area (Å²) >= 11 is 0. The minimum atomic E-state index is -0.386. The summed E-state index contributed by atoms with van der Waals surface area (Å²) in [6, 6.07) is 10.4. The Hall–Kier alpha value is -1.91. The molecule has 110 valence electrons. The fourth-order valence-electron chi connectivity index (χ4n) is 3.01. The van der Waals surface area contributed by atoms with E-state index in [9.17, 15) is 4.79 Å². The van der Waals surface area contributed by atoms with Gasteiger partial charge in [0.25, 0.3) is 0 Å². The number of hydrogen-bond donors (Lipinski definition) is 1. The lowest BCUT2D eigenvalue weighted by Gasteiger charge is -2.16. The smallest absolute Gasteiger partial charge is 0.331 e. The summed E-state index contributed by atoms with van der Waals surface area (Å²) in [5.74, 6) is -0.386. The van der Waals surface area contributed by atoms with E-state index in [1.807, 2.05) is 0 Å². The summed E-state index contributed by atoms with van der Waals surface area (Å²) in [7, 11) is 1.34. The molecular weight excluding hydrogens is 266 g/mol. The highest BCUT2D eigenvalue weighted by molar-refractivity contribution is 5.93. The molecule has 0 heterocycles. The molecule has 0 fully saturated rings. The molecule has 21 heavy (non-hydrogen) atoms. The summed E-state index contributed by atoms with van der Waals surface area (Å²) < 4.78 is 9.87.